The second-order valence-corrected chi connectivity index (χ2v) is 5.29. The number of amides is 1. The van der Waals surface area contributed by atoms with Crippen LogP contribution in [0.3, 0.4) is 0 Å². The quantitative estimate of drug-likeness (QED) is 0.787. The summed E-state index contributed by atoms with van der Waals surface area (Å²) in [6.45, 7) is 0.181. The molecule has 19 heavy (non-hydrogen) atoms. The molecule has 1 aromatic rings. The van der Waals surface area contributed by atoms with Gasteiger partial charge in [0.25, 0.3) is 11.8 Å². The van der Waals surface area contributed by atoms with Crippen LogP contribution in [0.4, 0.5) is 8.78 Å². The van der Waals surface area contributed by atoms with Gasteiger partial charge in [-0.1, -0.05) is 5.16 Å². The average Bonchev–Trinajstić information content (AvgIpc) is 2.82. The molecule has 2 aliphatic rings. The number of fused-ring (bicyclic) bond motifs is 1. The third-order valence-electron chi connectivity index (χ3n) is 3.93. The summed E-state index contributed by atoms with van der Waals surface area (Å²) in [5, 5.41) is 3.86. The fraction of sp³-hybridized carbons (Fsp3) is 0.692. The molecule has 0 N–H and O–H groups in total. The molecule has 0 radical (unpaired) electrons. The first-order chi connectivity index (χ1) is 9.07. The van der Waals surface area contributed by atoms with E-state index in [0.29, 0.717) is 5.69 Å². The third kappa shape index (κ3) is 2.35. The van der Waals surface area contributed by atoms with E-state index in [1.165, 1.54) is 4.90 Å². The van der Waals surface area contributed by atoms with Crippen LogP contribution in [0.2, 0.25) is 0 Å². The largest absolute Gasteiger partial charge is 0.360 e. The minimum absolute atomic E-state index is 0.0907. The van der Waals surface area contributed by atoms with Crippen LogP contribution >= 0.6 is 0 Å². The molecular formula is C13H16F2N2O2. The van der Waals surface area contributed by atoms with E-state index < -0.39 is 5.92 Å². The second-order valence-electron chi connectivity index (χ2n) is 5.29. The highest BCUT2D eigenvalue weighted by Gasteiger charge is 2.37. The van der Waals surface area contributed by atoms with E-state index in [1.807, 2.05) is 0 Å². The van der Waals surface area contributed by atoms with Crippen LogP contribution in [-0.2, 0) is 12.8 Å². The van der Waals surface area contributed by atoms with E-state index in [2.05, 4.69) is 5.16 Å². The molecule has 1 saturated heterocycles. The Labute approximate surface area is 109 Å². The lowest BCUT2D eigenvalue weighted by Crippen LogP contribution is -2.43. The van der Waals surface area contributed by atoms with Crippen LogP contribution in [0.25, 0.3) is 0 Å². The van der Waals surface area contributed by atoms with Gasteiger partial charge in [0.05, 0.1) is 0 Å². The summed E-state index contributed by atoms with van der Waals surface area (Å²) >= 11 is 0. The van der Waals surface area contributed by atoms with Crippen LogP contribution in [0, 0.1) is 0 Å². The first-order valence-corrected chi connectivity index (χ1v) is 6.71. The van der Waals surface area contributed by atoms with Gasteiger partial charge in [0, 0.05) is 37.9 Å². The molecule has 0 atom stereocenters. The standard InChI is InChI=1S/C13H16F2N2O2/c14-13(15)5-7-17(8-6-13)12(18)11-9-3-1-2-4-10(9)19-16-11/h1-8H2. The highest BCUT2D eigenvalue weighted by molar-refractivity contribution is 5.94. The minimum Gasteiger partial charge on any atom is -0.360 e. The zero-order valence-electron chi connectivity index (χ0n) is 10.6. The van der Waals surface area contributed by atoms with E-state index in [0.717, 1.165) is 37.0 Å². The lowest BCUT2D eigenvalue weighted by Gasteiger charge is -2.31. The Morgan fingerprint density at radius 3 is 2.63 bits per heavy atom. The summed E-state index contributed by atoms with van der Waals surface area (Å²) in [4.78, 5) is 13.8. The zero-order chi connectivity index (χ0) is 13.5. The van der Waals surface area contributed by atoms with Gasteiger partial charge in [-0.3, -0.25) is 4.79 Å². The average molecular weight is 270 g/mol. The van der Waals surface area contributed by atoms with Gasteiger partial charge in [-0.25, -0.2) is 8.78 Å². The van der Waals surface area contributed by atoms with Gasteiger partial charge >= 0.3 is 0 Å². The van der Waals surface area contributed by atoms with Crippen molar-refractivity contribution in [2.75, 3.05) is 13.1 Å². The number of carbonyl (C=O) groups is 1. The first kappa shape index (κ1) is 12.6. The van der Waals surface area contributed by atoms with E-state index in [-0.39, 0.29) is 31.8 Å². The van der Waals surface area contributed by atoms with Crippen LogP contribution in [0.5, 0.6) is 0 Å². The fourth-order valence-electron chi connectivity index (χ4n) is 2.74. The van der Waals surface area contributed by atoms with Crippen molar-refractivity contribution in [3.63, 3.8) is 0 Å². The molecule has 6 heteroatoms. The molecule has 0 spiro atoms. The zero-order valence-corrected chi connectivity index (χ0v) is 10.6. The van der Waals surface area contributed by atoms with Gasteiger partial charge in [-0.15, -0.1) is 0 Å². The summed E-state index contributed by atoms with van der Waals surface area (Å²) < 4.78 is 31.4. The summed E-state index contributed by atoms with van der Waals surface area (Å²) in [5.74, 6) is -2.11. The van der Waals surface area contributed by atoms with E-state index in [9.17, 15) is 13.6 Å². The Kier molecular flexibility index (Phi) is 3.03. The lowest BCUT2D eigenvalue weighted by molar-refractivity contribution is -0.0495. The Morgan fingerprint density at radius 2 is 1.89 bits per heavy atom. The van der Waals surface area contributed by atoms with Crippen LogP contribution in [0.15, 0.2) is 4.52 Å². The molecule has 2 heterocycles. The molecular weight excluding hydrogens is 254 g/mol. The van der Waals surface area contributed by atoms with E-state index in [4.69, 9.17) is 4.52 Å². The molecule has 0 bridgehead atoms. The van der Waals surface area contributed by atoms with Crippen molar-refractivity contribution >= 4 is 5.91 Å². The maximum Gasteiger partial charge on any atom is 0.276 e. The fourth-order valence-corrected chi connectivity index (χ4v) is 2.74. The third-order valence-corrected chi connectivity index (χ3v) is 3.93. The number of hydrogen-bond donors (Lipinski definition) is 0. The van der Waals surface area contributed by atoms with E-state index >= 15 is 0 Å². The van der Waals surface area contributed by atoms with Crippen LogP contribution < -0.4 is 0 Å². The Bertz CT molecular complexity index is 489. The summed E-state index contributed by atoms with van der Waals surface area (Å²) in [6.07, 6.45) is 3.15. The van der Waals surface area contributed by atoms with Crippen LogP contribution in [0.1, 0.15) is 47.5 Å². The highest BCUT2D eigenvalue weighted by Crippen LogP contribution is 2.30. The molecule has 1 amide bonds. The monoisotopic (exact) mass is 270 g/mol. The summed E-state index contributed by atoms with van der Waals surface area (Å²) in [6, 6.07) is 0. The molecule has 0 aromatic carbocycles. The van der Waals surface area contributed by atoms with Crippen molar-refractivity contribution in [2.24, 2.45) is 0 Å². The number of alkyl halides is 2. The maximum atomic E-state index is 13.1. The number of aromatic nitrogens is 1. The molecule has 1 aromatic heterocycles. The number of likely N-dealkylation sites (tertiary alicyclic amines) is 1. The topological polar surface area (TPSA) is 46.3 Å². The van der Waals surface area contributed by atoms with Crippen molar-refractivity contribution < 1.29 is 18.1 Å². The Balaban J connectivity index is 1.76. The minimum atomic E-state index is -2.64. The Morgan fingerprint density at radius 1 is 1.21 bits per heavy atom. The van der Waals surface area contributed by atoms with Crippen molar-refractivity contribution in [1.82, 2.24) is 10.1 Å². The number of nitrogens with zero attached hydrogens (tertiary/aromatic N) is 2. The van der Waals surface area contributed by atoms with Gasteiger partial charge in [0.2, 0.25) is 0 Å². The number of halogens is 2. The predicted molar refractivity (Wildman–Crippen MR) is 63.2 cm³/mol. The van der Waals surface area contributed by atoms with Crippen LogP contribution in [-0.4, -0.2) is 35.0 Å². The first-order valence-electron chi connectivity index (χ1n) is 6.71. The summed E-state index contributed by atoms with van der Waals surface area (Å²) in [5.41, 5.74) is 1.22. The normalized spacial score (nSPS) is 22.1. The van der Waals surface area contributed by atoms with Gasteiger partial charge < -0.3 is 9.42 Å². The lowest BCUT2D eigenvalue weighted by atomic mass is 9.96. The molecule has 0 unspecified atom stereocenters. The molecule has 1 fully saturated rings. The van der Waals surface area contributed by atoms with Gasteiger partial charge in [-0.05, 0) is 19.3 Å². The van der Waals surface area contributed by atoms with Crippen molar-refractivity contribution in [2.45, 2.75) is 44.4 Å². The number of hydrogen-bond acceptors (Lipinski definition) is 3. The molecule has 1 aliphatic carbocycles. The van der Waals surface area contributed by atoms with Crippen molar-refractivity contribution in [1.29, 1.82) is 0 Å². The smallest absolute Gasteiger partial charge is 0.276 e. The van der Waals surface area contributed by atoms with E-state index in [1.54, 1.807) is 0 Å². The second kappa shape index (κ2) is 4.58. The molecule has 4 nitrogen and oxygen atoms in total. The molecule has 0 saturated carbocycles. The SMILES string of the molecule is O=C(c1noc2c1CCCC2)N1CCC(F)(F)CC1. The van der Waals surface area contributed by atoms with Crippen molar-refractivity contribution in [3.8, 4) is 0 Å². The number of piperidine rings is 1. The van der Waals surface area contributed by atoms with Gasteiger partial charge in [-0.2, -0.15) is 0 Å². The number of rotatable bonds is 1. The van der Waals surface area contributed by atoms with Crippen molar-refractivity contribution in [3.05, 3.63) is 17.0 Å². The molecule has 3 rings (SSSR count). The Hall–Kier alpha value is -1.46. The van der Waals surface area contributed by atoms with Gasteiger partial charge in [0.1, 0.15) is 5.76 Å². The highest BCUT2D eigenvalue weighted by atomic mass is 19.3. The molecule has 1 aliphatic heterocycles. The number of carbonyl (C=O) groups excluding carboxylic acids is 1. The van der Waals surface area contributed by atoms with Gasteiger partial charge in [0.15, 0.2) is 5.69 Å². The molecule has 104 valence electrons. The number of aryl methyl sites for hydroxylation is 1. The maximum absolute atomic E-state index is 13.1. The predicted octanol–water partition coefficient (Wildman–Crippen LogP) is 2.42. The summed E-state index contributed by atoms with van der Waals surface area (Å²) in [7, 11) is 0.